The van der Waals surface area contributed by atoms with E-state index < -0.39 is 0 Å². The van der Waals surface area contributed by atoms with Crippen LogP contribution in [0.1, 0.15) is 18.1 Å². The first-order chi connectivity index (χ1) is 12.0. The number of halogens is 1. The fourth-order valence-corrected chi connectivity index (χ4v) is 2.77. The van der Waals surface area contributed by atoms with Gasteiger partial charge >= 0.3 is 0 Å². The van der Waals surface area contributed by atoms with E-state index in [-0.39, 0.29) is 36.4 Å². The van der Waals surface area contributed by atoms with Crippen molar-refractivity contribution in [2.45, 2.75) is 19.9 Å². The molecule has 8 heteroatoms. The first-order valence-corrected chi connectivity index (χ1v) is 8.47. The minimum Gasteiger partial charge on any atom is -0.493 e. The van der Waals surface area contributed by atoms with Gasteiger partial charge in [-0.2, -0.15) is 0 Å². The van der Waals surface area contributed by atoms with Gasteiger partial charge in [-0.1, -0.05) is 0 Å². The van der Waals surface area contributed by atoms with E-state index >= 15 is 0 Å². The molecule has 1 heterocycles. The zero-order valence-corrected chi connectivity index (χ0v) is 18.5. The lowest BCUT2D eigenvalue weighted by Gasteiger charge is -2.32. The van der Waals surface area contributed by atoms with Crippen molar-refractivity contribution >= 4 is 35.8 Å². The maximum absolute atomic E-state index is 11.8. The number of carbonyl (C=O) groups is 1. The van der Waals surface area contributed by atoms with E-state index in [0.29, 0.717) is 0 Å². The van der Waals surface area contributed by atoms with Crippen molar-refractivity contribution in [3.8, 4) is 11.5 Å². The van der Waals surface area contributed by atoms with Crippen molar-refractivity contribution in [3.05, 3.63) is 23.3 Å². The number of methoxy groups -OCH3 is 2. The van der Waals surface area contributed by atoms with Crippen molar-refractivity contribution < 1.29 is 14.3 Å². The third-order valence-electron chi connectivity index (χ3n) is 4.22. The SMILES string of the molecule is CCNC(=NCC(=O)N(C)C)N1CCc2cc(OC)c(OC)cc2C1.I. The van der Waals surface area contributed by atoms with Gasteiger partial charge in [-0.3, -0.25) is 4.79 Å². The fraction of sp³-hybridized carbons (Fsp3) is 0.556. The standard InChI is InChI=1S/C18H28N4O3.HI/c1-6-19-18(20-11-17(23)21(2)3)22-8-7-13-9-15(24-4)16(25-5)10-14(13)12-22;/h9-10H,6-8,11-12H2,1-5H3,(H,19,20);1H. The number of nitrogens with zero attached hydrogens (tertiary/aromatic N) is 3. The Morgan fingerprint density at radius 2 is 1.85 bits per heavy atom. The molecule has 1 aromatic carbocycles. The predicted octanol–water partition coefficient (Wildman–Crippen LogP) is 1.73. The summed E-state index contributed by atoms with van der Waals surface area (Å²) in [4.78, 5) is 20.0. The van der Waals surface area contributed by atoms with Crippen LogP contribution in [0.5, 0.6) is 11.5 Å². The lowest BCUT2D eigenvalue weighted by molar-refractivity contribution is -0.127. The summed E-state index contributed by atoms with van der Waals surface area (Å²) in [5.41, 5.74) is 2.45. The summed E-state index contributed by atoms with van der Waals surface area (Å²) >= 11 is 0. The molecule has 0 fully saturated rings. The first-order valence-electron chi connectivity index (χ1n) is 8.47. The predicted molar refractivity (Wildman–Crippen MR) is 114 cm³/mol. The van der Waals surface area contributed by atoms with Gasteiger partial charge < -0.3 is 24.6 Å². The highest BCUT2D eigenvalue weighted by atomic mass is 127. The highest BCUT2D eigenvalue weighted by Gasteiger charge is 2.22. The number of fused-ring (bicyclic) bond motifs is 1. The summed E-state index contributed by atoms with van der Waals surface area (Å²) in [6.45, 7) is 4.48. The van der Waals surface area contributed by atoms with E-state index in [2.05, 4.69) is 15.2 Å². The van der Waals surface area contributed by atoms with Gasteiger partial charge in [-0.25, -0.2) is 4.99 Å². The summed E-state index contributed by atoms with van der Waals surface area (Å²) in [5, 5.41) is 3.28. The van der Waals surface area contributed by atoms with Gasteiger partial charge in [0.1, 0.15) is 6.54 Å². The normalized spacial score (nSPS) is 13.4. The van der Waals surface area contributed by atoms with E-state index in [1.807, 2.05) is 19.1 Å². The highest BCUT2D eigenvalue weighted by molar-refractivity contribution is 14.0. The molecule has 0 saturated heterocycles. The lowest BCUT2D eigenvalue weighted by atomic mass is 9.99. The fourth-order valence-electron chi connectivity index (χ4n) is 2.77. The number of amides is 1. The molecule has 0 atom stereocenters. The molecule has 146 valence electrons. The molecule has 2 rings (SSSR count). The number of guanidine groups is 1. The molecular weight excluding hydrogens is 447 g/mol. The zero-order valence-electron chi connectivity index (χ0n) is 16.2. The Kier molecular flexibility index (Phi) is 8.97. The summed E-state index contributed by atoms with van der Waals surface area (Å²) in [7, 11) is 6.77. The number of carbonyl (C=O) groups excluding carboxylic acids is 1. The number of aliphatic imine (C=N–C) groups is 1. The van der Waals surface area contributed by atoms with Crippen molar-refractivity contribution in [3.63, 3.8) is 0 Å². The molecule has 26 heavy (non-hydrogen) atoms. The van der Waals surface area contributed by atoms with Crippen LogP contribution in [0.2, 0.25) is 0 Å². The van der Waals surface area contributed by atoms with Crippen LogP contribution in [0.25, 0.3) is 0 Å². The molecule has 1 aromatic rings. The maximum atomic E-state index is 11.8. The summed E-state index contributed by atoms with van der Waals surface area (Å²) in [5.74, 6) is 2.23. The second-order valence-corrected chi connectivity index (χ2v) is 6.11. The Bertz CT molecular complexity index is 650. The summed E-state index contributed by atoms with van der Waals surface area (Å²) in [6, 6.07) is 4.07. The molecule has 0 aromatic heterocycles. The quantitative estimate of drug-likeness (QED) is 0.399. The van der Waals surface area contributed by atoms with Crippen molar-refractivity contribution in [1.82, 2.24) is 15.1 Å². The Morgan fingerprint density at radius 1 is 1.23 bits per heavy atom. The Morgan fingerprint density at radius 3 is 2.38 bits per heavy atom. The molecule has 1 aliphatic heterocycles. The molecule has 0 spiro atoms. The molecular formula is C18H29IN4O3. The molecule has 1 aliphatic rings. The largest absolute Gasteiger partial charge is 0.493 e. The third-order valence-corrected chi connectivity index (χ3v) is 4.22. The minimum atomic E-state index is -0.0146. The Hall–Kier alpha value is -1.71. The number of nitrogens with one attached hydrogen (secondary N) is 1. The second kappa shape index (κ2) is 10.4. The van der Waals surface area contributed by atoms with Gasteiger partial charge in [0.05, 0.1) is 14.2 Å². The lowest BCUT2D eigenvalue weighted by Crippen LogP contribution is -2.44. The van der Waals surface area contributed by atoms with Crippen LogP contribution in [0.15, 0.2) is 17.1 Å². The van der Waals surface area contributed by atoms with Gasteiger partial charge in [-0.15, -0.1) is 24.0 Å². The molecule has 0 aliphatic carbocycles. The Balaban J connectivity index is 0.00000338. The van der Waals surface area contributed by atoms with Crippen LogP contribution in [-0.2, 0) is 17.8 Å². The topological polar surface area (TPSA) is 66.4 Å². The molecule has 0 bridgehead atoms. The number of hydrogen-bond acceptors (Lipinski definition) is 4. The molecule has 1 amide bonds. The minimum absolute atomic E-state index is 0. The van der Waals surface area contributed by atoms with Crippen LogP contribution in [-0.4, -0.2) is 69.6 Å². The van der Waals surface area contributed by atoms with E-state index in [1.165, 1.54) is 11.1 Å². The van der Waals surface area contributed by atoms with Gasteiger partial charge in [0, 0.05) is 33.7 Å². The van der Waals surface area contributed by atoms with Crippen LogP contribution in [0, 0.1) is 0 Å². The number of rotatable bonds is 5. The average molecular weight is 476 g/mol. The monoisotopic (exact) mass is 476 g/mol. The van der Waals surface area contributed by atoms with Gasteiger partial charge in [-0.05, 0) is 36.6 Å². The highest BCUT2D eigenvalue weighted by Crippen LogP contribution is 2.33. The van der Waals surface area contributed by atoms with Gasteiger partial charge in [0.15, 0.2) is 17.5 Å². The molecule has 0 radical (unpaired) electrons. The van der Waals surface area contributed by atoms with Crippen molar-refractivity contribution in [2.24, 2.45) is 4.99 Å². The summed E-state index contributed by atoms with van der Waals surface area (Å²) in [6.07, 6.45) is 0.891. The number of benzene rings is 1. The van der Waals surface area contributed by atoms with E-state index in [9.17, 15) is 4.79 Å². The van der Waals surface area contributed by atoms with Crippen LogP contribution in [0.4, 0.5) is 0 Å². The number of ether oxygens (including phenoxy) is 2. The van der Waals surface area contributed by atoms with Crippen molar-refractivity contribution in [1.29, 1.82) is 0 Å². The first kappa shape index (κ1) is 22.3. The van der Waals surface area contributed by atoms with Gasteiger partial charge in [0.25, 0.3) is 0 Å². The second-order valence-electron chi connectivity index (χ2n) is 6.11. The number of hydrogen-bond donors (Lipinski definition) is 1. The average Bonchev–Trinajstić information content (AvgIpc) is 2.62. The third kappa shape index (κ3) is 5.39. The molecule has 1 N–H and O–H groups in total. The molecule has 0 unspecified atom stereocenters. The number of likely N-dealkylation sites (N-methyl/N-ethyl adjacent to an activating group) is 1. The molecule has 0 saturated carbocycles. The molecule has 7 nitrogen and oxygen atoms in total. The maximum Gasteiger partial charge on any atom is 0.243 e. The summed E-state index contributed by atoms with van der Waals surface area (Å²) < 4.78 is 10.8. The van der Waals surface area contributed by atoms with E-state index in [1.54, 1.807) is 33.2 Å². The van der Waals surface area contributed by atoms with E-state index in [4.69, 9.17) is 9.47 Å². The zero-order chi connectivity index (χ0) is 18.4. The Labute approximate surface area is 172 Å². The van der Waals surface area contributed by atoms with E-state index in [0.717, 1.165) is 43.5 Å². The van der Waals surface area contributed by atoms with Gasteiger partial charge in [0.2, 0.25) is 5.91 Å². The van der Waals surface area contributed by atoms with Crippen LogP contribution < -0.4 is 14.8 Å². The van der Waals surface area contributed by atoms with Crippen LogP contribution in [0.3, 0.4) is 0 Å². The van der Waals surface area contributed by atoms with Crippen LogP contribution >= 0.6 is 24.0 Å². The smallest absolute Gasteiger partial charge is 0.243 e. The van der Waals surface area contributed by atoms with Crippen molar-refractivity contribution in [2.75, 3.05) is 47.9 Å².